The highest BCUT2D eigenvalue weighted by Gasteiger charge is 2.29. The zero-order chi connectivity index (χ0) is 16.9. The van der Waals surface area contributed by atoms with Crippen LogP contribution in [0, 0.1) is 0 Å². The van der Waals surface area contributed by atoms with E-state index in [2.05, 4.69) is 67.5 Å². The molecule has 0 bridgehead atoms. The monoisotopic (exact) mass is 318 g/mol. The maximum absolute atomic E-state index is 11.6. The van der Waals surface area contributed by atoms with Gasteiger partial charge in [0.05, 0.1) is 0 Å². The van der Waals surface area contributed by atoms with Crippen LogP contribution < -0.4 is 10.9 Å². The topological polar surface area (TPSA) is 44.9 Å². The van der Waals surface area contributed by atoms with Gasteiger partial charge in [-0.15, -0.1) is 0 Å². The number of hydrogen-bond donors (Lipinski definition) is 2. The number of anilines is 1. The maximum Gasteiger partial charge on any atom is 0.248 e. The molecule has 0 radical (unpaired) electrons. The van der Waals surface area contributed by atoms with Gasteiger partial charge in [0.1, 0.15) is 0 Å². The molecule has 1 atom stereocenters. The number of aromatic amines is 1. The largest absolute Gasteiger partial charge is 0.380 e. The van der Waals surface area contributed by atoms with Crippen LogP contribution in [-0.2, 0) is 0 Å². The average molecular weight is 318 g/mol. The molecule has 0 spiro atoms. The average Bonchev–Trinajstić information content (AvgIpc) is 2.53. The molecule has 1 aliphatic rings. The normalized spacial score (nSPS) is 18.9. The highest BCUT2D eigenvalue weighted by molar-refractivity contribution is 5.84. The van der Waals surface area contributed by atoms with Crippen LogP contribution in [0.15, 0.2) is 53.3 Å². The van der Waals surface area contributed by atoms with Crippen molar-refractivity contribution in [1.29, 1.82) is 0 Å². The van der Waals surface area contributed by atoms with Gasteiger partial charge in [0.25, 0.3) is 0 Å². The highest BCUT2D eigenvalue weighted by atomic mass is 16.1. The minimum Gasteiger partial charge on any atom is -0.380 e. The molecule has 2 aromatic carbocycles. The second kappa shape index (κ2) is 5.23. The molecule has 3 heteroatoms. The molecule has 0 saturated carbocycles. The first kappa shape index (κ1) is 15.0. The SMILES string of the molecule is CC1CC(C)(C)Nc2ccc(-c3ccc4ccc(=O)[nH]c4c3)cc21. The summed E-state index contributed by atoms with van der Waals surface area (Å²) in [4.78, 5) is 14.5. The Labute approximate surface area is 141 Å². The van der Waals surface area contributed by atoms with E-state index < -0.39 is 0 Å². The van der Waals surface area contributed by atoms with E-state index in [4.69, 9.17) is 0 Å². The van der Waals surface area contributed by atoms with Crippen LogP contribution in [0.2, 0.25) is 0 Å². The number of H-pyrrole nitrogens is 1. The summed E-state index contributed by atoms with van der Waals surface area (Å²) in [6.45, 7) is 6.79. The molecule has 1 aliphatic heterocycles. The van der Waals surface area contributed by atoms with Gasteiger partial charge in [-0.3, -0.25) is 4.79 Å². The van der Waals surface area contributed by atoms with E-state index in [0.717, 1.165) is 22.9 Å². The van der Waals surface area contributed by atoms with Gasteiger partial charge in [0.2, 0.25) is 5.56 Å². The smallest absolute Gasteiger partial charge is 0.248 e. The van der Waals surface area contributed by atoms with Gasteiger partial charge in [-0.25, -0.2) is 0 Å². The van der Waals surface area contributed by atoms with Gasteiger partial charge >= 0.3 is 0 Å². The van der Waals surface area contributed by atoms with Crippen molar-refractivity contribution in [1.82, 2.24) is 4.98 Å². The van der Waals surface area contributed by atoms with Crippen molar-refractivity contribution >= 4 is 16.6 Å². The molecule has 122 valence electrons. The summed E-state index contributed by atoms with van der Waals surface area (Å²) in [5.74, 6) is 0.525. The minimum absolute atomic E-state index is 0.0647. The molecule has 2 heterocycles. The third-order valence-electron chi connectivity index (χ3n) is 4.93. The lowest BCUT2D eigenvalue weighted by atomic mass is 9.81. The molecule has 2 N–H and O–H groups in total. The van der Waals surface area contributed by atoms with E-state index in [1.807, 2.05) is 6.07 Å². The van der Waals surface area contributed by atoms with Crippen molar-refractivity contribution in [3.05, 3.63) is 64.4 Å². The van der Waals surface area contributed by atoms with Crippen molar-refractivity contribution in [3.63, 3.8) is 0 Å². The lowest BCUT2D eigenvalue weighted by Crippen LogP contribution is -2.36. The summed E-state index contributed by atoms with van der Waals surface area (Å²) in [6, 6.07) is 16.3. The Balaban J connectivity index is 1.80. The minimum atomic E-state index is -0.0647. The summed E-state index contributed by atoms with van der Waals surface area (Å²) in [7, 11) is 0. The van der Waals surface area contributed by atoms with Crippen molar-refractivity contribution in [2.24, 2.45) is 0 Å². The molecule has 0 amide bonds. The fraction of sp³-hybridized carbons (Fsp3) is 0.286. The molecule has 0 fully saturated rings. The summed E-state index contributed by atoms with van der Waals surface area (Å²) in [6.07, 6.45) is 1.12. The Morgan fingerprint density at radius 1 is 1.00 bits per heavy atom. The lowest BCUT2D eigenvalue weighted by Gasteiger charge is -2.37. The van der Waals surface area contributed by atoms with Crippen molar-refractivity contribution in [2.45, 2.75) is 38.6 Å². The van der Waals surface area contributed by atoms with Crippen LogP contribution in [0.1, 0.15) is 38.7 Å². The van der Waals surface area contributed by atoms with Crippen LogP contribution >= 0.6 is 0 Å². The van der Waals surface area contributed by atoms with Gasteiger partial charge in [0.15, 0.2) is 0 Å². The third-order valence-corrected chi connectivity index (χ3v) is 4.93. The molecule has 1 unspecified atom stereocenters. The molecule has 1 aromatic heterocycles. The second-order valence-corrected chi connectivity index (χ2v) is 7.54. The van der Waals surface area contributed by atoms with E-state index >= 15 is 0 Å². The highest BCUT2D eigenvalue weighted by Crippen LogP contribution is 2.40. The Hall–Kier alpha value is -2.55. The van der Waals surface area contributed by atoms with E-state index in [1.54, 1.807) is 6.07 Å². The molecule has 3 aromatic rings. The van der Waals surface area contributed by atoms with Gasteiger partial charge in [-0.1, -0.05) is 25.1 Å². The predicted octanol–water partition coefficient (Wildman–Crippen LogP) is 4.89. The molecule has 0 saturated heterocycles. The summed E-state index contributed by atoms with van der Waals surface area (Å²) in [5, 5.41) is 4.68. The first-order valence-corrected chi connectivity index (χ1v) is 8.47. The summed E-state index contributed by atoms with van der Waals surface area (Å²) in [5.41, 5.74) is 5.87. The molecular formula is C21H22N2O. The van der Waals surface area contributed by atoms with Gasteiger partial charge in [-0.05, 0) is 72.5 Å². The van der Waals surface area contributed by atoms with E-state index in [-0.39, 0.29) is 11.1 Å². The van der Waals surface area contributed by atoms with Crippen LogP contribution in [0.4, 0.5) is 5.69 Å². The fourth-order valence-corrected chi connectivity index (χ4v) is 3.88. The van der Waals surface area contributed by atoms with E-state index in [1.165, 1.54) is 16.8 Å². The van der Waals surface area contributed by atoms with Gasteiger partial charge in [0, 0.05) is 22.8 Å². The Morgan fingerprint density at radius 2 is 1.71 bits per heavy atom. The maximum atomic E-state index is 11.6. The Morgan fingerprint density at radius 3 is 2.54 bits per heavy atom. The van der Waals surface area contributed by atoms with E-state index in [0.29, 0.717) is 5.92 Å². The lowest BCUT2D eigenvalue weighted by molar-refractivity contribution is 0.454. The molecule has 0 aliphatic carbocycles. The first-order valence-electron chi connectivity index (χ1n) is 8.47. The standard InChI is InChI=1S/C21H22N2O/c1-13-12-21(2,3)23-18-8-6-15(10-17(13)18)16-5-4-14-7-9-20(24)22-19(14)11-16/h4-11,13,23H,12H2,1-3H3,(H,22,24). The molecule has 4 rings (SSSR count). The Kier molecular flexibility index (Phi) is 3.27. The number of nitrogens with one attached hydrogen (secondary N) is 2. The van der Waals surface area contributed by atoms with Crippen molar-refractivity contribution in [3.8, 4) is 11.1 Å². The van der Waals surface area contributed by atoms with E-state index in [9.17, 15) is 4.79 Å². The number of benzene rings is 2. The molecule has 24 heavy (non-hydrogen) atoms. The zero-order valence-electron chi connectivity index (χ0n) is 14.3. The summed E-state index contributed by atoms with van der Waals surface area (Å²) < 4.78 is 0. The van der Waals surface area contributed by atoms with Crippen LogP contribution in [-0.4, -0.2) is 10.5 Å². The number of hydrogen-bond acceptors (Lipinski definition) is 2. The van der Waals surface area contributed by atoms with Crippen LogP contribution in [0.3, 0.4) is 0 Å². The van der Waals surface area contributed by atoms with Crippen LogP contribution in [0.25, 0.3) is 22.0 Å². The predicted molar refractivity (Wildman–Crippen MR) is 101 cm³/mol. The Bertz CT molecular complexity index is 985. The number of fused-ring (bicyclic) bond motifs is 2. The van der Waals surface area contributed by atoms with Gasteiger partial charge < -0.3 is 10.3 Å². The molecule has 3 nitrogen and oxygen atoms in total. The van der Waals surface area contributed by atoms with Gasteiger partial charge in [-0.2, -0.15) is 0 Å². The van der Waals surface area contributed by atoms with Crippen molar-refractivity contribution < 1.29 is 0 Å². The number of rotatable bonds is 1. The second-order valence-electron chi connectivity index (χ2n) is 7.54. The summed E-state index contributed by atoms with van der Waals surface area (Å²) >= 11 is 0. The quantitative estimate of drug-likeness (QED) is 0.671. The fourth-order valence-electron chi connectivity index (χ4n) is 3.88. The third kappa shape index (κ3) is 2.60. The van der Waals surface area contributed by atoms with Crippen LogP contribution in [0.5, 0.6) is 0 Å². The number of pyridine rings is 1. The number of aromatic nitrogens is 1. The molecular weight excluding hydrogens is 296 g/mol. The van der Waals surface area contributed by atoms with Crippen molar-refractivity contribution in [2.75, 3.05) is 5.32 Å². The first-order chi connectivity index (χ1) is 11.4. The zero-order valence-corrected chi connectivity index (χ0v) is 14.3.